The van der Waals surface area contributed by atoms with Gasteiger partial charge >= 0.3 is 0 Å². The number of nitrogens with one attached hydrogen (secondary N) is 1. The van der Waals surface area contributed by atoms with E-state index in [1.165, 1.54) is 4.88 Å². The summed E-state index contributed by atoms with van der Waals surface area (Å²) < 4.78 is 0.840. The molecule has 0 spiro atoms. The van der Waals surface area contributed by atoms with Gasteiger partial charge < -0.3 is 10.2 Å². The molecule has 1 aliphatic rings. The zero-order valence-electron chi connectivity index (χ0n) is 13.0. The van der Waals surface area contributed by atoms with Crippen LogP contribution in [0.4, 0.5) is 0 Å². The first kappa shape index (κ1) is 16.7. The number of halogens is 1. The van der Waals surface area contributed by atoms with Crippen LogP contribution in [0.15, 0.2) is 12.1 Å². The average Bonchev–Trinajstić information content (AvgIpc) is 2.81. The second kappa shape index (κ2) is 7.09. The highest BCUT2D eigenvalue weighted by Crippen LogP contribution is 2.23. The lowest BCUT2D eigenvalue weighted by Gasteiger charge is -2.35. The maximum Gasteiger partial charge on any atom is 0.236 e. The maximum absolute atomic E-state index is 12.1. The second-order valence-electron chi connectivity index (χ2n) is 6.47. The van der Waals surface area contributed by atoms with Crippen LogP contribution in [0.3, 0.4) is 0 Å². The number of thiophene rings is 1. The van der Waals surface area contributed by atoms with Crippen molar-refractivity contribution >= 4 is 28.8 Å². The van der Waals surface area contributed by atoms with Crippen molar-refractivity contribution in [1.82, 2.24) is 15.1 Å². The molecule has 1 N–H and O–H groups in total. The smallest absolute Gasteiger partial charge is 0.236 e. The van der Waals surface area contributed by atoms with E-state index in [9.17, 15) is 4.79 Å². The summed E-state index contributed by atoms with van der Waals surface area (Å²) in [7, 11) is 0. The Morgan fingerprint density at radius 1 is 1.29 bits per heavy atom. The van der Waals surface area contributed by atoms with Crippen LogP contribution in [-0.4, -0.2) is 54.0 Å². The van der Waals surface area contributed by atoms with Gasteiger partial charge in [0.15, 0.2) is 0 Å². The van der Waals surface area contributed by atoms with E-state index in [1.54, 1.807) is 11.3 Å². The zero-order chi connectivity index (χ0) is 15.5. The molecule has 1 amide bonds. The summed E-state index contributed by atoms with van der Waals surface area (Å²) in [5.41, 5.74) is -0.0179. The predicted molar refractivity (Wildman–Crippen MR) is 88.9 cm³/mol. The topological polar surface area (TPSA) is 35.6 Å². The number of carbonyl (C=O) groups is 1. The third-order valence-electron chi connectivity index (χ3n) is 3.50. The Morgan fingerprint density at radius 2 is 1.95 bits per heavy atom. The summed E-state index contributed by atoms with van der Waals surface area (Å²) in [6, 6.07) is 4.03. The first-order valence-corrected chi connectivity index (χ1v) is 8.52. The van der Waals surface area contributed by atoms with E-state index < -0.39 is 0 Å². The van der Waals surface area contributed by atoms with Crippen LogP contribution in [0, 0.1) is 0 Å². The summed E-state index contributed by atoms with van der Waals surface area (Å²) in [5.74, 6) is 0.198. The molecule has 0 radical (unpaired) electrons. The molecular weight excluding hydrogens is 306 g/mol. The van der Waals surface area contributed by atoms with Gasteiger partial charge in [-0.2, -0.15) is 0 Å². The average molecular weight is 330 g/mol. The molecule has 2 heterocycles. The van der Waals surface area contributed by atoms with Crippen molar-refractivity contribution in [2.75, 3.05) is 32.7 Å². The van der Waals surface area contributed by atoms with Gasteiger partial charge in [-0.25, -0.2) is 0 Å². The zero-order valence-corrected chi connectivity index (χ0v) is 14.6. The molecule has 1 aliphatic heterocycles. The second-order valence-corrected chi connectivity index (χ2v) is 8.27. The SMILES string of the molecule is CC(C)(C)NCC(=O)N1CCN(Cc2ccc(Cl)s2)CC1. The maximum atomic E-state index is 12.1. The minimum Gasteiger partial charge on any atom is -0.339 e. The van der Waals surface area contributed by atoms with Crippen LogP contribution >= 0.6 is 22.9 Å². The number of carbonyl (C=O) groups excluding carboxylic acids is 1. The van der Waals surface area contributed by atoms with Gasteiger partial charge in [-0.3, -0.25) is 9.69 Å². The molecule has 118 valence electrons. The van der Waals surface area contributed by atoms with Crippen LogP contribution in [0.5, 0.6) is 0 Å². The van der Waals surface area contributed by atoms with Gasteiger partial charge in [-0.1, -0.05) is 11.6 Å². The van der Waals surface area contributed by atoms with Crippen molar-refractivity contribution in [3.8, 4) is 0 Å². The van der Waals surface area contributed by atoms with E-state index >= 15 is 0 Å². The summed E-state index contributed by atoms with van der Waals surface area (Å²) in [6.45, 7) is 11.0. The van der Waals surface area contributed by atoms with Crippen molar-refractivity contribution in [3.63, 3.8) is 0 Å². The molecule has 0 atom stereocenters. The molecule has 21 heavy (non-hydrogen) atoms. The molecule has 1 saturated heterocycles. The number of rotatable bonds is 4. The summed E-state index contributed by atoms with van der Waals surface area (Å²) in [5, 5.41) is 3.25. The molecule has 1 aromatic rings. The Kier molecular flexibility index (Phi) is 5.66. The Balaban J connectivity index is 1.74. The van der Waals surface area contributed by atoms with Crippen LogP contribution in [0.25, 0.3) is 0 Å². The molecule has 0 bridgehead atoms. The van der Waals surface area contributed by atoms with Gasteiger partial charge in [0.25, 0.3) is 0 Å². The number of piperazine rings is 1. The molecule has 6 heteroatoms. The first-order chi connectivity index (χ1) is 9.83. The van der Waals surface area contributed by atoms with E-state index in [-0.39, 0.29) is 11.4 Å². The van der Waals surface area contributed by atoms with E-state index in [0.29, 0.717) is 6.54 Å². The minimum absolute atomic E-state index is 0.0179. The first-order valence-electron chi connectivity index (χ1n) is 7.33. The highest BCUT2D eigenvalue weighted by molar-refractivity contribution is 7.16. The molecule has 1 fully saturated rings. The lowest BCUT2D eigenvalue weighted by molar-refractivity contribution is -0.132. The van der Waals surface area contributed by atoms with Gasteiger partial charge in [0, 0.05) is 43.1 Å². The third kappa shape index (κ3) is 5.58. The van der Waals surface area contributed by atoms with Crippen LogP contribution in [-0.2, 0) is 11.3 Å². The van der Waals surface area contributed by atoms with E-state index in [2.05, 4.69) is 37.1 Å². The van der Waals surface area contributed by atoms with E-state index in [4.69, 9.17) is 11.6 Å². The summed E-state index contributed by atoms with van der Waals surface area (Å²) in [4.78, 5) is 17.8. The molecule has 0 aromatic carbocycles. The highest BCUT2D eigenvalue weighted by atomic mass is 35.5. The fourth-order valence-electron chi connectivity index (χ4n) is 2.27. The number of hydrogen-bond donors (Lipinski definition) is 1. The van der Waals surface area contributed by atoms with Crippen LogP contribution < -0.4 is 5.32 Å². The Hall–Kier alpha value is -0.620. The predicted octanol–water partition coefficient (Wildman–Crippen LogP) is 2.43. The lowest BCUT2D eigenvalue weighted by Crippen LogP contribution is -2.52. The van der Waals surface area contributed by atoms with Gasteiger partial charge in [-0.15, -0.1) is 11.3 Å². The van der Waals surface area contributed by atoms with Crippen molar-refractivity contribution in [2.24, 2.45) is 0 Å². The molecule has 4 nitrogen and oxygen atoms in total. The molecule has 0 aliphatic carbocycles. The van der Waals surface area contributed by atoms with E-state index in [0.717, 1.165) is 37.1 Å². The van der Waals surface area contributed by atoms with Crippen molar-refractivity contribution < 1.29 is 4.79 Å². The van der Waals surface area contributed by atoms with Crippen LogP contribution in [0.1, 0.15) is 25.6 Å². The summed E-state index contributed by atoms with van der Waals surface area (Å²) in [6.07, 6.45) is 0. The minimum atomic E-state index is -0.0179. The van der Waals surface area contributed by atoms with E-state index in [1.807, 2.05) is 11.0 Å². The standard InChI is InChI=1S/C15H24ClN3OS/c1-15(2,3)17-10-14(20)19-8-6-18(7-9-19)11-12-4-5-13(16)21-12/h4-5,17H,6-11H2,1-3H3. The largest absolute Gasteiger partial charge is 0.339 e. The summed E-state index contributed by atoms with van der Waals surface area (Å²) >= 11 is 7.59. The fourth-order valence-corrected chi connectivity index (χ4v) is 3.40. The van der Waals surface area contributed by atoms with Gasteiger partial charge in [0.2, 0.25) is 5.91 Å². The van der Waals surface area contributed by atoms with Crippen LogP contribution in [0.2, 0.25) is 4.34 Å². The molecule has 0 unspecified atom stereocenters. The van der Waals surface area contributed by atoms with Gasteiger partial charge in [0.05, 0.1) is 10.9 Å². The Morgan fingerprint density at radius 3 is 2.48 bits per heavy atom. The van der Waals surface area contributed by atoms with Crippen molar-refractivity contribution in [2.45, 2.75) is 32.9 Å². The molecule has 0 saturated carbocycles. The Labute approximate surface area is 136 Å². The van der Waals surface area contributed by atoms with Gasteiger partial charge in [-0.05, 0) is 32.9 Å². The highest BCUT2D eigenvalue weighted by Gasteiger charge is 2.22. The quantitative estimate of drug-likeness (QED) is 0.921. The molecular formula is C15H24ClN3OS. The molecule has 1 aromatic heterocycles. The third-order valence-corrected chi connectivity index (χ3v) is 4.72. The number of nitrogens with zero attached hydrogens (tertiary/aromatic N) is 2. The monoisotopic (exact) mass is 329 g/mol. The Bertz CT molecular complexity index is 476. The fraction of sp³-hybridized carbons (Fsp3) is 0.667. The van der Waals surface area contributed by atoms with Crippen molar-refractivity contribution in [1.29, 1.82) is 0 Å². The normalized spacial score (nSPS) is 17.2. The lowest BCUT2D eigenvalue weighted by atomic mass is 10.1. The number of amides is 1. The van der Waals surface area contributed by atoms with Gasteiger partial charge in [0.1, 0.15) is 0 Å². The number of hydrogen-bond acceptors (Lipinski definition) is 4. The molecule has 2 rings (SSSR count). The van der Waals surface area contributed by atoms with Crippen molar-refractivity contribution in [3.05, 3.63) is 21.3 Å².